The number of benzene rings is 2. The molecule has 1 aliphatic rings. The Morgan fingerprint density at radius 3 is 2.66 bits per heavy atom. The number of carbonyl (C=O) groups is 1. The van der Waals surface area contributed by atoms with Crippen LogP contribution >= 0.6 is 27.3 Å². The van der Waals surface area contributed by atoms with Crippen molar-refractivity contribution in [2.24, 2.45) is 5.73 Å². The van der Waals surface area contributed by atoms with E-state index in [1.807, 2.05) is 54.6 Å². The number of ether oxygens (including phenoxy) is 1. The molecule has 0 saturated carbocycles. The number of nitrogens with two attached hydrogens (primary N) is 1. The highest BCUT2D eigenvalue weighted by atomic mass is 79.9. The summed E-state index contributed by atoms with van der Waals surface area (Å²) in [5, 5.41) is 3.00. The van der Waals surface area contributed by atoms with Crippen LogP contribution < -0.4 is 20.7 Å². The predicted molar refractivity (Wildman–Crippen MR) is 123 cm³/mol. The van der Waals surface area contributed by atoms with Crippen molar-refractivity contribution >= 4 is 44.5 Å². The SMILES string of the molecule is COc1ccc(-c2ccc(C(=O)Nc3ccc(N4CC[C@H](N)C4)cc3Br)s2)cc1. The lowest BCUT2D eigenvalue weighted by Gasteiger charge is -2.19. The van der Waals surface area contributed by atoms with Crippen LogP contribution in [0.4, 0.5) is 11.4 Å². The molecule has 3 aromatic rings. The van der Waals surface area contributed by atoms with Crippen LogP contribution in [0.5, 0.6) is 5.75 Å². The summed E-state index contributed by atoms with van der Waals surface area (Å²) < 4.78 is 6.05. The number of halogens is 1. The van der Waals surface area contributed by atoms with E-state index in [9.17, 15) is 4.79 Å². The first-order valence-electron chi connectivity index (χ1n) is 9.39. The summed E-state index contributed by atoms with van der Waals surface area (Å²) in [6.45, 7) is 1.82. The molecule has 150 valence electrons. The molecule has 0 spiro atoms. The van der Waals surface area contributed by atoms with Gasteiger partial charge in [0.05, 0.1) is 17.7 Å². The summed E-state index contributed by atoms with van der Waals surface area (Å²) >= 11 is 5.05. The molecule has 0 unspecified atom stereocenters. The van der Waals surface area contributed by atoms with E-state index in [4.69, 9.17) is 10.5 Å². The third-order valence-electron chi connectivity index (χ3n) is 5.00. The smallest absolute Gasteiger partial charge is 0.265 e. The highest BCUT2D eigenvalue weighted by Crippen LogP contribution is 2.32. The van der Waals surface area contributed by atoms with E-state index in [2.05, 4.69) is 26.1 Å². The van der Waals surface area contributed by atoms with Gasteiger partial charge in [-0.1, -0.05) is 0 Å². The second-order valence-electron chi connectivity index (χ2n) is 7.01. The third-order valence-corrected chi connectivity index (χ3v) is 6.78. The van der Waals surface area contributed by atoms with Crippen LogP contribution in [0.1, 0.15) is 16.1 Å². The van der Waals surface area contributed by atoms with Gasteiger partial charge >= 0.3 is 0 Å². The lowest BCUT2D eigenvalue weighted by Crippen LogP contribution is -2.26. The normalized spacial score (nSPS) is 16.1. The molecule has 7 heteroatoms. The fraction of sp³-hybridized carbons (Fsp3) is 0.227. The Morgan fingerprint density at radius 2 is 2.00 bits per heavy atom. The molecule has 1 saturated heterocycles. The van der Waals surface area contributed by atoms with Crippen molar-refractivity contribution in [3.8, 4) is 16.2 Å². The summed E-state index contributed by atoms with van der Waals surface area (Å²) in [6.07, 6.45) is 1.00. The quantitative estimate of drug-likeness (QED) is 0.550. The molecule has 3 N–H and O–H groups in total. The van der Waals surface area contributed by atoms with E-state index in [1.54, 1.807) is 7.11 Å². The van der Waals surface area contributed by atoms with Gasteiger partial charge in [0, 0.05) is 34.2 Å². The summed E-state index contributed by atoms with van der Waals surface area (Å²) in [6, 6.07) is 17.9. The first kappa shape index (κ1) is 19.9. The molecule has 1 amide bonds. The largest absolute Gasteiger partial charge is 0.497 e. The van der Waals surface area contributed by atoms with Crippen molar-refractivity contribution in [3.05, 3.63) is 63.9 Å². The number of carbonyl (C=O) groups excluding carboxylic acids is 1. The zero-order valence-electron chi connectivity index (χ0n) is 16.0. The van der Waals surface area contributed by atoms with E-state index in [-0.39, 0.29) is 11.9 Å². The van der Waals surface area contributed by atoms with Gasteiger partial charge in [-0.25, -0.2) is 0 Å². The first-order valence-corrected chi connectivity index (χ1v) is 11.0. The lowest BCUT2D eigenvalue weighted by atomic mass is 10.2. The third kappa shape index (κ3) is 4.47. The van der Waals surface area contributed by atoms with Crippen molar-refractivity contribution in [1.82, 2.24) is 0 Å². The fourth-order valence-corrected chi connectivity index (χ4v) is 4.75. The highest BCUT2D eigenvalue weighted by molar-refractivity contribution is 9.10. The second kappa shape index (κ2) is 8.57. The Kier molecular flexibility index (Phi) is 5.89. The van der Waals surface area contributed by atoms with E-state index < -0.39 is 0 Å². The fourth-order valence-electron chi connectivity index (χ4n) is 3.38. The van der Waals surface area contributed by atoms with Gasteiger partial charge in [-0.2, -0.15) is 0 Å². The minimum absolute atomic E-state index is 0.119. The monoisotopic (exact) mass is 471 g/mol. The van der Waals surface area contributed by atoms with Crippen LogP contribution in [0, 0.1) is 0 Å². The second-order valence-corrected chi connectivity index (χ2v) is 8.94. The minimum atomic E-state index is -0.119. The van der Waals surface area contributed by atoms with Gasteiger partial charge in [-0.05, 0) is 82.5 Å². The van der Waals surface area contributed by atoms with Crippen molar-refractivity contribution in [1.29, 1.82) is 0 Å². The molecule has 2 aromatic carbocycles. The lowest BCUT2D eigenvalue weighted by molar-refractivity contribution is 0.103. The Morgan fingerprint density at radius 1 is 1.21 bits per heavy atom. The number of anilines is 2. The molecular weight excluding hydrogens is 450 g/mol. The van der Waals surface area contributed by atoms with Crippen LogP contribution in [0.3, 0.4) is 0 Å². The Balaban J connectivity index is 1.46. The number of methoxy groups -OCH3 is 1. The van der Waals surface area contributed by atoms with Crippen molar-refractivity contribution in [2.75, 3.05) is 30.4 Å². The molecule has 1 atom stereocenters. The van der Waals surface area contributed by atoms with Gasteiger partial charge in [-0.15, -0.1) is 11.3 Å². The Labute approximate surface area is 182 Å². The zero-order valence-corrected chi connectivity index (χ0v) is 18.4. The van der Waals surface area contributed by atoms with Gasteiger partial charge in [0.25, 0.3) is 5.91 Å². The first-order chi connectivity index (χ1) is 14.0. The molecule has 2 heterocycles. The van der Waals surface area contributed by atoms with Gasteiger partial charge in [0.2, 0.25) is 0 Å². The number of amides is 1. The van der Waals surface area contributed by atoms with Crippen LogP contribution in [0.2, 0.25) is 0 Å². The van der Waals surface area contributed by atoms with Crippen molar-refractivity contribution in [3.63, 3.8) is 0 Å². The average molecular weight is 472 g/mol. The maximum atomic E-state index is 12.7. The van der Waals surface area contributed by atoms with Gasteiger partial charge in [-0.3, -0.25) is 4.79 Å². The molecule has 0 bridgehead atoms. The Bertz CT molecular complexity index is 1020. The number of nitrogens with one attached hydrogen (secondary N) is 1. The number of nitrogens with zero attached hydrogens (tertiary/aromatic N) is 1. The molecule has 5 nitrogen and oxygen atoms in total. The molecule has 0 radical (unpaired) electrons. The molecule has 1 aromatic heterocycles. The number of thiophene rings is 1. The molecule has 0 aliphatic carbocycles. The summed E-state index contributed by atoms with van der Waals surface area (Å²) in [4.78, 5) is 16.7. The zero-order chi connectivity index (χ0) is 20.4. The maximum absolute atomic E-state index is 12.7. The van der Waals surface area contributed by atoms with E-state index in [0.29, 0.717) is 4.88 Å². The van der Waals surface area contributed by atoms with Crippen molar-refractivity contribution in [2.45, 2.75) is 12.5 Å². The van der Waals surface area contributed by atoms with Crippen LogP contribution in [-0.4, -0.2) is 32.1 Å². The maximum Gasteiger partial charge on any atom is 0.265 e. The van der Waals surface area contributed by atoms with E-state index >= 15 is 0 Å². The molecule has 4 rings (SSSR count). The average Bonchev–Trinajstić information content (AvgIpc) is 3.39. The van der Waals surface area contributed by atoms with Gasteiger partial charge in [0.1, 0.15) is 5.75 Å². The number of rotatable bonds is 5. The molecular formula is C22H22BrN3O2S. The van der Waals surface area contributed by atoms with E-state index in [1.165, 1.54) is 11.3 Å². The van der Waals surface area contributed by atoms with E-state index in [0.717, 1.165) is 51.5 Å². The van der Waals surface area contributed by atoms with Crippen molar-refractivity contribution < 1.29 is 9.53 Å². The molecule has 1 aliphatic heterocycles. The summed E-state index contributed by atoms with van der Waals surface area (Å²) in [5.41, 5.74) is 8.93. The topological polar surface area (TPSA) is 67.6 Å². The number of hydrogen-bond donors (Lipinski definition) is 2. The van der Waals surface area contributed by atoms with Crippen LogP contribution in [-0.2, 0) is 0 Å². The van der Waals surface area contributed by atoms with Crippen LogP contribution in [0.15, 0.2) is 59.1 Å². The minimum Gasteiger partial charge on any atom is -0.497 e. The summed E-state index contributed by atoms with van der Waals surface area (Å²) in [5.74, 6) is 0.693. The van der Waals surface area contributed by atoms with Crippen LogP contribution in [0.25, 0.3) is 10.4 Å². The number of hydrogen-bond acceptors (Lipinski definition) is 5. The van der Waals surface area contributed by atoms with Gasteiger partial charge < -0.3 is 20.7 Å². The Hall–Kier alpha value is -2.35. The predicted octanol–water partition coefficient (Wildman–Crippen LogP) is 4.98. The standard InChI is InChI=1S/C22H22BrN3O2S/c1-28-17-5-2-14(3-6-17)20-8-9-21(29-20)22(27)25-19-7-4-16(12-18(19)23)26-11-10-15(24)13-26/h2-9,12,15H,10-11,13,24H2,1H3,(H,25,27)/t15-/m0/s1. The molecule has 29 heavy (non-hydrogen) atoms. The highest BCUT2D eigenvalue weighted by Gasteiger charge is 2.20. The van der Waals surface area contributed by atoms with Gasteiger partial charge in [0.15, 0.2) is 0 Å². The summed E-state index contributed by atoms with van der Waals surface area (Å²) in [7, 11) is 1.65. The molecule has 1 fully saturated rings.